The molecule has 0 aliphatic rings. The summed E-state index contributed by atoms with van der Waals surface area (Å²) in [5.41, 5.74) is 0.537. The highest BCUT2D eigenvalue weighted by Gasteiger charge is 2.17. The minimum absolute atomic E-state index is 0.0199. The molecule has 0 bridgehead atoms. The van der Waals surface area contributed by atoms with Crippen molar-refractivity contribution in [2.24, 2.45) is 0 Å². The van der Waals surface area contributed by atoms with Crippen molar-refractivity contribution in [2.75, 3.05) is 5.32 Å². The Bertz CT molecular complexity index is 900. The SMILES string of the molecule is O=C(Nc1cnn(-c2ccccc2F)c1)c1cccnc1SC(F)F. The van der Waals surface area contributed by atoms with Crippen LogP contribution in [0.1, 0.15) is 10.4 Å². The zero-order chi connectivity index (χ0) is 17.8. The number of nitrogens with one attached hydrogen (secondary N) is 1. The summed E-state index contributed by atoms with van der Waals surface area (Å²) in [6, 6.07) is 8.91. The van der Waals surface area contributed by atoms with Crippen LogP contribution in [-0.2, 0) is 0 Å². The summed E-state index contributed by atoms with van der Waals surface area (Å²) in [5, 5.41) is 6.45. The van der Waals surface area contributed by atoms with Gasteiger partial charge in [-0.05, 0) is 36.0 Å². The normalized spacial score (nSPS) is 10.9. The minimum atomic E-state index is -2.69. The number of amides is 1. The van der Waals surface area contributed by atoms with Crippen LogP contribution in [0.5, 0.6) is 0 Å². The van der Waals surface area contributed by atoms with Gasteiger partial charge in [-0.1, -0.05) is 12.1 Å². The van der Waals surface area contributed by atoms with Gasteiger partial charge in [0, 0.05) is 6.20 Å². The first-order valence-electron chi connectivity index (χ1n) is 7.05. The number of benzene rings is 1. The van der Waals surface area contributed by atoms with Crippen molar-refractivity contribution < 1.29 is 18.0 Å². The standard InChI is InChI=1S/C16H11F3N4OS/c17-12-5-1-2-6-13(12)23-9-10(8-21-23)22-14(24)11-4-3-7-20-15(11)25-16(18)19/h1-9,16H,(H,22,24). The predicted octanol–water partition coefficient (Wildman–Crippen LogP) is 3.97. The van der Waals surface area contributed by atoms with Gasteiger partial charge in [0.1, 0.15) is 16.5 Å². The van der Waals surface area contributed by atoms with Crippen LogP contribution in [0.15, 0.2) is 60.0 Å². The molecule has 0 spiro atoms. The molecule has 0 saturated heterocycles. The van der Waals surface area contributed by atoms with Crippen LogP contribution in [0, 0.1) is 5.82 Å². The number of anilines is 1. The fraction of sp³-hybridized carbons (Fsp3) is 0.0625. The third-order valence-electron chi connectivity index (χ3n) is 3.16. The van der Waals surface area contributed by atoms with Crippen LogP contribution in [0.4, 0.5) is 18.9 Å². The van der Waals surface area contributed by atoms with Gasteiger partial charge in [0.25, 0.3) is 11.7 Å². The van der Waals surface area contributed by atoms with E-state index in [4.69, 9.17) is 0 Å². The molecule has 0 unspecified atom stereocenters. The van der Waals surface area contributed by atoms with Crippen molar-refractivity contribution in [2.45, 2.75) is 10.8 Å². The highest BCUT2D eigenvalue weighted by molar-refractivity contribution is 7.99. The lowest BCUT2D eigenvalue weighted by Gasteiger charge is -2.07. The predicted molar refractivity (Wildman–Crippen MR) is 87.6 cm³/mol. The Morgan fingerprint density at radius 1 is 1.20 bits per heavy atom. The lowest BCUT2D eigenvalue weighted by molar-refractivity contribution is 0.102. The number of halogens is 3. The van der Waals surface area contributed by atoms with E-state index in [0.29, 0.717) is 5.69 Å². The molecule has 0 aliphatic heterocycles. The summed E-state index contributed by atoms with van der Waals surface area (Å²) >= 11 is 0.192. The first-order valence-corrected chi connectivity index (χ1v) is 7.93. The first-order chi connectivity index (χ1) is 12.0. The number of carbonyl (C=O) groups excluding carboxylic acids is 1. The van der Waals surface area contributed by atoms with Crippen molar-refractivity contribution in [3.05, 3.63) is 66.4 Å². The summed E-state index contributed by atoms with van der Waals surface area (Å²) in [6.07, 6.45) is 4.09. The molecule has 0 aliphatic carbocycles. The smallest absolute Gasteiger partial charge is 0.290 e. The number of nitrogens with zero attached hydrogens (tertiary/aromatic N) is 3. The van der Waals surface area contributed by atoms with E-state index >= 15 is 0 Å². The van der Waals surface area contributed by atoms with Crippen molar-refractivity contribution in [1.82, 2.24) is 14.8 Å². The number of hydrogen-bond donors (Lipinski definition) is 1. The van der Waals surface area contributed by atoms with E-state index in [9.17, 15) is 18.0 Å². The maximum absolute atomic E-state index is 13.8. The quantitative estimate of drug-likeness (QED) is 0.696. The molecule has 0 saturated carbocycles. The van der Waals surface area contributed by atoms with E-state index in [1.807, 2.05) is 0 Å². The maximum atomic E-state index is 13.8. The molecule has 2 aromatic heterocycles. The zero-order valence-corrected chi connectivity index (χ0v) is 13.4. The number of hydrogen-bond acceptors (Lipinski definition) is 4. The third-order valence-corrected chi connectivity index (χ3v) is 3.88. The third kappa shape index (κ3) is 4.00. The number of para-hydroxylation sites is 1. The molecule has 9 heteroatoms. The second-order valence-corrected chi connectivity index (χ2v) is 5.79. The van der Waals surface area contributed by atoms with Crippen molar-refractivity contribution in [1.29, 1.82) is 0 Å². The molecule has 2 heterocycles. The van der Waals surface area contributed by atoms with E-state index in [2.05, 4.69) is 15.4 Å². The van der Waals surface area contributed by atoms with Gasteiger partial charge in [0.2, 0.25) is 0 Å². The van der Waals surface area contributed by atoms with E-state index in [1.54, 1.807) is 12.1 Å². The number of carbonyl (C=O) groups is 1. The first kappa shape index (κ1) is 17.0. The molecule has 5 nitrogen and oxygen atoms in total. The van der Waals surface area contributed by atoms with E-state index in [0.717, 1.165) is 0 Å². The fourth-order valence-electron chi connectivity index (χ4n) is 2.10. The zero-order valence-electron chi connectivity index (χ0n) is 12.6. The molecular weight excluding hydrogens is 353 g/mol. The van der Waals surface area contributed by atoms with Gasteiger partial charge in [-0.2, -0.15) is 13.9 Å². The van der Waals surface area contributed by atoms with E-state index in [-0.39, 0.29) is 28.0 Å². The molecular formula is C16H11F3N4OS. The van der Waals surface area contributed by atoms with Crippen LogP contribution in [0.2, 0.25) is 0 Å². The summed E-state index contributed by atoms with van der Waals surface area (Å²) in [5.74, 6) is -3.76. The Morgan fingerprint density at radius 3 is 2.76 bits per heavy atom. The van der Waals surface area contributed by atoms with Crippen LogP contribution in [0.3, 0.4) is 0 Å². The summed E-state index contributed by atoms with van der Waals surface area (Å²) in [7, 11) is 0. The van der Waals surface area contributed by atoms with Gasteiger partial charge in [0.05, 0.1) is 23.6 Å². The fourth-order valence-corrected chi connectivity index (χ4v) is 2.68. The molecule has 0 radical (unpaired) electrons. The Morgan fingerprint density at radius 2 is 2.00 bits per heavy atom. The minimum Gasteiger partial charge on any atom is -0.319 e. The molecule has 1 N–H and O–H groups in total. The Kier molecular flexibility index (Phi) is 5.03. The Hall–Kier alpha value is -2.81. The Balaban J connectivity index is 1.80. The van der Waals surface area contributed by atoms with Gasteiger partial charge >= 0.3 is 0 Å². The molecule has 1 aromatic carbocycles. The average molecular weight is 364 g/mol. The van der Waals surface area contributed by atoms with Crippen molar-refractivity contribution in [3.63, 3.8) is 0 Å². The number of rotatable bonds is 5. The lowest BCUT2D eigenvalue weighted by atomic mass is 10.2. The van der Waals surface area contributed by atoms with Crippen LogP contribution in [0.25, 0.3) is 5.69 Å². The Labute approximate surface area is 144 Å². The van der Waals surface area contributed by atoms with Gasteiger partial charge in [-0.15, -0.1) is 0 Å². The summed E-state index contributed by atoms with van der Waals surface area (Å²) < 4.78 is 40.1. The number of pyridine rings is 1. The van der Waals surface area contributed by atoms with Gasteiger partial charge in [-0.3, -0.25) is 4.79 Å². The molecule has 25 heavy (non-hydrogen) atoms. The van der Waals surface area contributed by atoms with Crippen molar-refractivity contribution >= 4 is 23.4 Å². The van der Waals surface area contributed by atoms with Gasteiger partial charge in [-0.25, -0.2) is 14.1 Å². The second-order valence-electron chi connectivity index (χ2n) is 4.81. The number of aromatic nitrogens is 3. The van der Waals surface area contributed by atoms with E-state index < -0.39 is 17.5 Å². The molecule has 3 aromatic rings. The second kappa shape index (κ2) is 7.39. The van der Waals surface area contributed by atoms with Gasteiger partial charge in [0.15, 0.2) is 0 Å². The van der Waals surface area contributed by atoms with Gasteiger partial charge < -0.3 is 5.32 Å². The highest BCUT2D eigenvalue weighted by atomic mass is 32.2. The summed E-state index contributed by atoms with van der Waals surface area (Å²) in [4.78, 5) is 16.1. The number of thioether (sulfide) groups is 1. The molecule has 0 fully saturated rings. The number of alkyl halides is 2. The molecule has 0 atom stereocenters. The van der Waals surface area contributed by atoms with E-state index in [1.165, 1.54) is 47.5 Å². The van der Waals surface area contributed by atoms with Crippen LogP contribution >= 0.6 is 11.8 Å². The maximum Gasteiger partial charge on any atom is 0.290 e. The average Bonchev–Trinajstić information content (AvgIpc) is 3.03. The van der Waals surface area contributed by atoms with Crippen LogP contribution in [-0.4, -0.2) is 26.4 Å². The monoisotopic (exact) mass is 364 g/mol. The highest BCUT2D eigenvalue weighted by Crippen LogP contribution is 2.27. The summed E-state index contributed by atoms with van der Waals surface area (Å²) in [6.45, 7) is 0. The topological polar surface area (TPSA) is 59.8 Å². The van der Waals surface area contributed by atoms with Crippen molar-refractivity contribution in [3.8, 4) is 5.69 Å². The molecule has 128 valence electrons. The lowest BCUT2D eigenvalue weighted by Crippen LogP contribution is -2.13. The molecule has 3 rings (SSSR count). The molecule has 1 amide bonds. The largest absolute Gasteiger partial charge is 0.319 e. The van der Waals surface area contributed by atoms with Crippen LogP contribution < -0.4 is 5.32 Å².